The molecular formula is C32H27N7O3. The fraction of sp³-hybridized carbons (Fsp3) is 0.0938. The van der Waals surface area contributed by atoms with Gasteiger partial charge in [0.25, 0.3) is 11.5 Å². The highest BCUT2D eigenvalue weighted by Crippen LogP contribution is 2.19. The number of pyridine rings is 2. The third kappa shape index (κ3) is 5.39. The monoisotopic (exact) mass is 557 g/mol. The van der Waals surface area contributed by atoms with Crippen molar-refractivity contribution in [2.45, 2.75) is 13.3 Å². The number of carbonyl (C=O) groups excluding carboxylic acids is 1. The molecule has 0 radical (unpaired) electrons. The maximum Gasteiger partial charge on any atom is 0.264 e. The summed E-state index contributed by atoms with van der Waals surface area (Å²) in [5.74, 6) is 5.69. The lowest BCUT2D eigenvalue weighted by Gasteiger charge is -2.14. The molecular weight excluding hydrogens is 530 g/mol. The predicted octanol–water partition coefficient (Wildman–Crippen LogP) is 3.06. The Kier molecular flexibility index (Phi) is 7.66. The number of aromatic nitrogens is 5. The van der Waals surface area contributed by atoms with E-state index in [1.807, 2.05) is 55.5 Å². The van der Waals surface area contributed by atoms with E-state index in [2.05, 4.69) is 28.0 Å². The van der Waals surface area contributed by atoms with Crippen molar-refractivity contribution in [3.8, 4) is 17.5 Å². The Morgan fingerprint density at radius 3 is 2.48 bits per heavy atom. The second kappa shape index (κ2) is 11.7. The van der Waals surface area contributed by atoms with Crippen LogP contribution in [0.4, 0.5) is 5.82 Å². The highest BCUT2D eigenvalue weighted by Gasteiger charge is 2.15. The van der Waals surface area contributed by atoms with Crippen LogP contribution >= 0.6 is 0 Å². The largest absolute Gasteiger partial charge is 0.381 e. The molecule has 0 aliphatic rings. The van der Waals surface area contributed by atoms with Gasteiger partial charge in [-0.15, -0.1) is 5.10 Å². The Hall–Kier alpha value is -5.95. The zero-order valence-electron chi connectivity index (χ0n) is 23.0. The first kappa shape index (κ1) is 27.6. The van der Waals surface area contributed by atoms with Gasteiger partial charge in [0, 0.05) is 54.2 Å². The number of primary amides is 1. The second-order valence-electron chi connectivity index (χ2n) is 9.36. The van der Waals surface area contributed by atoms with Crippen LogP contribution in [0, 0.1) is 11.8 Å². The summed E-state index contributed by atoms with van der Waals surface area (Å²) in [6.07, 6.45) is 5.62. The van der Waals surface area contributed by atoms with Crippen molar-refractivity contribution in [2.75, 3.05) is 5.73 Å². The fourth-order valence-corrected chi connectivity index (χ4v) is 4.59. The van der Waals surface area contributed by atoms with Crippen LogP contribution < -0.4 is 22.6 Å². The van der Waals surface area contributed by atoms with E-state index in [0.717, 1.165) is 28.8 Å². The lowest BCUT2D eigenvalue weighted by Crippen LogP contribution is -2.22. The number of para-hydroxylation sites is 1. The number of fused-ring (bicyclic) bond motifs is 2. The molecule has 0 fully saturated rings. The van der Waals surface area contributed by atoms with Crippen LogP contribution in [0.5, 0.6) is 0 Å². The van der Waals surface area contributed by atoms with Crippen molar-refractivity contribution >= 4 is 28.1 Å². The normalized spacial score (nSPS) is 10.5. The third-order valence-electron chi connectivity index (χ3n) is 6.60. The average molecular weight is 558 g/mol. The van der Waals surface area contributed by atoms with Crippen LogP contribution in [0.3, 0.4) is 0 Å². The lowest BCUT2D eigenvalue weighted by molar-refractivity contribution is 0.100. The van der Waals surface area contributed by atoms with Gasteiger partial charge in [0.1, 0.15) is 5.56 Å². The quantitative estimate of drug-likeness (QED) is 0.320. The van der Waals surface area contributed by atoms with E-state index in [1.54, 1.807) is 42.3 Å². The van der Waals surface area contributed by atoms with Crippen molar-refractivity contribution in [1.82, 2.24) is 23.7 Å². The number of benzene rings is 2. The Labute approximate surface area is 240 Å². The van der Waals surface area contributed by atoms with Crippen molar-refractivity contribution in [3.63, 3.8) is 0 Å². The number of nitrogen functional groups attached to an aromatic ring is 1. The van der Waals surface area contributed by atoms with Gasteiger partial charge >= 0.3 is 0 Å². The first-order valence-electron chi connectivity index (χ1n) is 13.1. The summed E-state index contributed by atoms with van der Waals surface area (Å²) in [4.78, 5) is 39.9. The van der Waals surface area contributed by atoms with Gasteiger partial charge in [-0.1, -0.05) is 49.1 Å². The van der Waals surface area contributed by atoms with Gasteiger partial charge in [-0.25, -0.2) is 9.50 Å². The molecule has 0 saturated heterocycles. The minimum absolute atomic E-state index is 0.0732. The molecule has 0 spiro atoms. The molecule has 6 rings (SSSR count). The second-order valence-corrected chi connectivity index (χ2v) is 9.36. The van der Waals surface area contributed by atoms with Gasteiger partial charge < -0.3 is 16.0 Å². The van der Waals surface area contributed by atoms with Crippen LogP contribution in [0.15, 0.2) is 101 Å². The van der Waals surface area contributed by atoms with Crippen LogP contribution in [0.2, 0.25) is 0 Å². The number of nitrogens with zero attached hydrogens (tertiary/aromatic N) is 5. The molecule has 4 heterocycles. The van der Waals surface area contributed by atoms with Crippen molar-refractivity contribution < 1.29 is 4.79 Å². The first-order chi connectivity index (χ1) is 20.3. The van der Waals surface area contributed by atoms with E-state index in [0.29, 0.717) is 16.6 Å². The van der Waals surface area contributed by atoms with Crippen molar-refractivity contribution in [1.29, 1.82) is 0 Å². The maximum absolute atomic E-state index is 13.5. The topological polar surface area (TPSA) is 143 Å². The van der Waals surface area contributed by atoms with Gasteiger partial charge in [-0.2, -0.15) is 0 Å². The highest BCUT2D eigenvalue weighted by molar-refractivity contribution is 6.03. The molecule has 10 heteroatoms. The Morgan fingerprint density at radius 1 is 0.976 bits per heavy atom. The minimum atomic E-state index is -0.619. The molecule has 0 aliphatic carbocycles. The summed E-state index contributed by atoms with van der Waals surface area (Å²) in [6, 6.07) is 22.3. The number of anilines is 1. The summed E-state index contributed by atoms with van der Waals surface area (Å²) in [5, 5.41) is 5.35. The molecule has 0 unspecified atom stereocenters. The van der Waals surface area contributed by atoms with Crippen molar-refractivity contribution in [2.24, 2.45) is 12.8 Å². The fourth-order valence-electron chi connectivity index (χ4n) is 4.59. The predicted molar refractivity (Wildman–Crippen MR) is 163 cm³/mol. The van der Waals surface area contributed by atoms with E-state index in [-0.39, 0.29) is 22.5 Å². The number of hydrogen-bond acceptors (Lipinski definition) is 6. The summed E-state index contributed by atoms with van der Waals surface area (Å²) >= 11 is 0. The SMILES string of the molecule is CCc1cc2cccc(C#Cc3ccc(=O)n(C)c3)c2c(=O)n1-c1ccccc1.NC(=O)c1c(N)nn2cccnc12. The minimum Gasteiger partial charge on any atom is -0.381 e. The smallest absolute Gasteiger partial charge is 0.264 e. The summed E-state index contributed by atoms with van der Waals surface area (Å²) in [7, 11) is 1.69. The molecule has 0 saturated carbocycles. The van der Waals surface area contributed by atoms with E-state index < -0.39 is 5.91 Å². The molecule has 0 bridgehead atoms. The molecule has 208 valence electrons. The number of rotatable bonds is 3. The number of amides is 1. The van der Waals surface area contributed by atoms with E-state index in [4.69, 9.17) is 11.5 Å². The molecule has 0 aliphatic heterocycles. The molecule has 1 amide bonds. The van der Waals surface area contributed by atoms with Crippen LogP contribution in [0.25, 0.3) is 22.1 Å². The molecule has 2 aromatic carbocycles. The van der Waals surface area contributed by atoms with Crippen molar-refractivity contribution in [3.05, 3.63) is 134 Å². The van der Waals surface area contributed by atoms with Crippen LogP contribution in [-0.4, -0.2) is 29.6 Å². The lowest BCUT2D eigenvalue weighted by atomic mass is 10.0. The van der Waals surface area contributed by atoms with Gasteiger partial charge in [-0.3, -0.25) is 19.0 Å². The zero-order chi connectivity index (χ0) is 29.8. The molecule has 6 aromatic rings. The summed E-state index contributed by atoms with van der Waals surface area (Å²) in [6.45, 7) is 2.05. The molecule has 4 N–H and O–H groups in total. The molecule has 42 heavy (non-hydrogen) atoms. The Bertz CT molecular complexity index is 2130. The van der Waals surface area contributed by atoms with E-state index in [9.17, 15) is 14.4 Å². The molecule has 4 aromatic heterocycles. The van der Waals surface area contributed by atoms with E-state index >= 15 is 0 Å². The van der Waals surface area contributed by atoms with Gasteiger partial charge in [-0.05, 0) is 48.2 Å². The average Bonchev–Trinajstić information content (AvgIpc) is 3.34. The number of hydrogen-bond donors (Lipinski definition) is 2. The number of nitrogens with two attached hydrogens (primary N) is 2. The van der Waals surface area contributed by atoms with Gasteiger partial charge in [0.15, 0.2) is 11.5 Å². The number of carbonyl (C=O) groups is 1. The number of aryl methyl sites for hydroxylation is 2. The Morgan fingerprint density at radius 2 is 1.76 bits per heavy atom. The highest BCUT2D eigenvalue weighted by atomic mass is 16.1. The first-order valence-corrected chi connectivity index (χ1v) is 13.1. The third-order valence-corrected chi connectivity index (χ3v) is 6.60. The summed E-state index contributed by atoms with van der Waals surface area (Å²) < 4.78 is 4.66. The molecule has 0 atom stereocenters. The zero-order valence-corrected chi connectivity index (χ0v) is 23.0. The summed E-state index contributed by atoms with van der Waals surface area (Å²) in [5.41, 5.74) is 14.2. The van der Waals surface area contributed by atoms with Crippen LogP contribution in [0.1, 0.15) is 34.1 Å². The van der Waals surface area contributed by atoms with Gasteiger partial charge in [0.05, 0.1) is 5.39 Å². The van der Waals surface area contributed by atoms with E-state index in [1.165, 1.54) is 15.1 Å². The van der Waals surface area contributed by atoms with Gasteiger partial charge in [0.2, 0.25) is 5.56 Å². The maximum atomic E-state index is 13.5. The molecule has 10 nitrogen and oxygen atoms in total. The Balaban J connectivity index is 0.000000226. The standard InChI is InChI=1S/C25H20N2O2.C7H7N5O/c1-3-21-16-20-9-7-8-19(14-12-18-13-15-23(28)26(2)17-18)24(20)25(29)27(21)22-10-5-4-6-11-22;8-5-4(6(9)13)7-10-2-1-3-12(7)11-5/h4-11,13,15-17H,3H2,1-2H3;1-3H,(H2,8,11)(H2,9,13). The van der Waals surface area contributed by atoms with Crippen LogP contribution in [-0.2, 0) is 13.5 Å².